The molecule has 0 bridgehead atoms. The van der Waals surface area contributed by atoms with Crippen LogP contribution in [0.1, 0.15) is 55.6 Å². The van der Waals surface area contributed by atoms with Gasteiger partial charge in [-0.1, -0.05) is 77.9 Å². The highest BCUT2D eigenvalue weighted by Crippen LogP contribution is 2.50. The molecule has 0 aliphatic carbocycles. The van der Waals surface area contributed by atoms with Crippen LogP contribution in [0, 0.1) is 69.2 Å². The zero-order valence-electron chi connectivity index (χ0n) is 30.0. The number of benzene rings is 5. The van der Waals surface area contributed by atoms with E-state index in [0.29, 0.717) is 0 Å². The molecule has 6 rings (SSSR count). The Kier molecular flexibility index (Phi) is 8.94. The van der Waals surface area contributed by atoms with Gasteiger partial charge >= 0.3 is 0 Å². The first-order valence-electron chi connectivity index (χ1n) is 16.8. The molecule has 0 unspecified atom stereocenters. The van der Waals surface area contributed by atoms with Gasteiger partial charge in [0, 0.05) is 11.9 Å². The number of anilines is 6. The second kappa shape index (κ2) is 13.1. The Morgan fingerprint density at radius 2 is 0.917 bits per heavy atom. The molecule has 6 aromatic rings. The van der Waals surface area contributed by atoms with Gasteiger partial charge in [-0.3, -0.25) is 4.90 Å². The maximum absolute atomic E-state index is 4.80. The van der Waals surface area contributed by atoms with Gasteiger partial charge < -0.3 is 4.90 Å². The lowest BCUT2D eigenvalue weighted by Gasteiger charge is -2.37. The zero-order chi connectivity index (χ0) is 34.3. The smallest absolute Gasteiger partial charge is 0.140 e. The zero-order valence-corrected chi connectivity index (χ0v) is 30.0. The molecule has 0 fully saturated rings. The number of nitrogens with zero attached hydrogens (tertiary/aromatic N) is 4. The normalized spacial score (nSPS) is 11.1. The minimum atomic E-state index is 0.834. The van der Waals surface area contributed by atoms with Gasteiger partial charge in [0.25, 0.3) is 0 Å². The summed E-state index contributed by atoms with van der Waals surface area (Å²) in [5.41, 5.74) is 20.8. The van der Waals surface area contributed by atoms with E-state index in [0.717, 1.165) is 22.8 Å². The Labute approximate surface area is 286 Å². The van der Waals surface area contributed by atoms with Crippen LogP contribution in [0.25, 0.3) is 11.1 Å². The number of hydrogen-bond donors (Lipinski definition) is 0. The third kappa shape index (κ3) is 5.88. The summed E-state index contributed by atoms with van der Waals surface area (Å²) < 4.78 is 0. The maximum atomic E-state index is 4.80. The summed E-state index contributed by atoms with van der Waals surface area (Å²) in [6.45, 7) is 22.4. The van der Waals surface area contributed by atoms with Gasteiger partial charge in [-0.15, -0.1) is 0 Å². The molecule has 0 amide bonds. The molecule has 0 aliphatic heterocycles. The van der Waals surface area contributed by atoms with Crippen LogP contribution < -0.4 is 9.80 Å². The number of aromatic nitrogens is 2. The number of aryl methyl sites for hydroxylation is 6. The molecule has 1 aromatic heterocycles. The molecule has 242 valence electrons. The van der Waals surface area contributed by atoms with Crippen LogP contribution in [-0.4, -0.2) is 9.97 Å². The van der Waals surface area contributed by atoms with Crippen molar-refractivity contribution in [1.29, 1.82) is 0 Å². The molecule has 0 spiro atoms. The largest absolute Gasteiger partial charge is 0.309 e. The summed E-state index contributed by atoms with van der Waals surface area (Å²) in [4.78, 5) is 13.9. The molecule has 0 N–H and O–H groups in total. The highest BCUT2D eigenvalue weighted by Gasteiger charge is 2.29. The number of hydrogen-bond acceptors (Lipinski definition) is 4. The van der Waals surface area contributed by atoms with E-state index in [1.54, 1.807) is 6.33 Å². The van der Waals surface area contributed by atoms with Crippen molar-refractivity contribution < 1.29 is 0 Å². The van der Waals surface area contributed by atoms with Crippen molar-refractivity contribution in [1.82, 2.24) is 9.97 Å². The Balaban J connectivity index is 1.65. The van der Waals surface area contributed by atoms with Crippen molar-refractivity contribution in [2.75, 3.05) is 9.80 Å². The van der Waals surface area contributed by atoms with E-state index in [4.69, 9.17) is 4.98 Å². The molecule has 48 heavy (non-hydrogen) atoms. The molecule has 0 radical (unpaired) electrons. The first-order chi connectivity index (χ1) is 23.0. The van der Waals surface area contributed by atoms with Crippen LogP contribution in [0.5, 0.6) is 0 Å². The molecule has 0 saturated carbocycles. The highest BCUT2D eigenvalue weighted by molar-refractivity contribution is 5.91. The monoisotopic (exact) mass is 630 g/mol. The molecular formula is C44H46N4. The molecule has 0 atom stereocenters. The lowest BCUT2D eigenvalue weighted by atomic mass is 9.91. The predicted octanol–water partition coefficient (Wildman–Crippen LogP) is 12.2. The van der Waals surface area contributed by atoms with Crippen molar-refractivity contribution in [3.8, 4) is 11.1 Å². The van der Waals surface area contributed by atoms with E-state index in [1.807, 2.05) is 12.3 Å². The van der Waals surface area contributed by atoms with E-state index >= 15 is 0 Å². The Morgan fingerprint density at radius 3 is 1.40 bits per heavy atom. The first kappa shape index (κ1) is 32.7. The van der Waals surface area contributed by atoms with Gasteiger partial charge in [-0.2, -0.15) is 0 Å². The maximum Gasteiger partial charge on any atom is 0.140 e. The van der Waals surface area contributed by atoms with Crippen LogP contribution >= 0.6 is 0 Å². The van der Waals surface area contributed by atoms with Crippen molar-refractivity contribution in [3.05, 3.63) is 153 Å². The van der Waals surface area contributed by atoms with E-state index in [1.165, 1.54) is 78.3 Å². The highest BCUT2D eigenvalue weighted by atomic mass is 15.2. The average molecular weight is 631 g/mol. The van der Waals surface area contributed by atoms with Crippen molar-refractivity contribution in [2.24, 2.45) is 0 Å². The average Bonchev–Trinajstić information content (AvgIpc) is 3.05. The second-order valence-electron chi connectivity index (χ2n) is 13.3. The van der Waals surface area contributed by atoms with Crippen LogP contribution in [0.3, 0.4) is 0 Å². The minimum Gasteiger partial charge on any atom is -0.309 e. The van der Waals surface area contributed by atoms with E-state index in [2.05, 4.69) is 163 Å². The van der Waals surface area contributed by atoms with E-state index < -0.39 is 0 Å². The molecule has 1 heterocycles. The predicted molar refractivity (Wildman–Crippen MR) is 204 cm³/mol. The van der Waals surface area contributed by atoms with Crippen molar-refractivity contribution >= 4 is 34.3 Å². The van der Waals surface area contributed by atoms with E-state index in [9.17, 15) is 0 Å². The summed E-state index contributed by atoms with van der Waals surface area (Å²) in [5, 5.41) is 0. The molecule has 5 aromatic carbocycles. The van der Waals surface area contributed by atoms with Gasteiger partial charge in [-0.05, 0) is 143 Å². The Morgan fingerprint density at radius 1 is 0.438 bits per heavy atom. The summed E-state index contributed by atoms with van der Waals surface area (Å²) in [5.74, 6) is 0.834. The summed E-state index contributed by atoms with van der Waals surface area (Å²) in [6.07, 6.45) is 3.46. The SMILES string of the molecule is Cc1cc(C)c(N(c2c(C)cc(C)cc2C)c2c(C)c(C)c(N(c3cccc(-c4ccccc4)c3)c3ccncn3)c(C)c2C)c(C)c1. The molecule has 0 saturated heterocycles. The standard InChI is InChI=1S/C44H46N4/c1-27-21-29(3)41(30(4)22-27)48(42-31(5)23-28(2)24-32(42)6)44-35(9)33(7)43(34(8)36(44)10)47(40-19-20-45-26-46-40)39-18-14-17-38(25-39)37-15-12-11-13-16-37/h11-26H,1-10H3. The van der Waals surface area contributed by atoms with Gasteiger partial charge in [0.05, 0.1) is 22.7 Å². The van der Waals surface area contributed by atoms with Gasteiger partial charge in [-0.25, -0.2) is 9.97 Å². The summed E-state index contributed by atoms with van der Waals surface area (Å²) in [7, 11) is 0. The van der Waals surface area contributed by atoms with Crippen molar-refractivity contribution in [3.63, 3.8) is 0 Å². The van der Waals surface area contributed by atoms with Crippen LogP contribution in [0.15, 0.2) is 97.5 Å². The Hall–Kier alpha value is -5.22. The fraction of sp³-hybridized carbons (Fsp3) is 0.227. The lowest BCUT2D eigenvalue weighted by Crippen LogP contribution is -2.21. The quantitative estimate of drug-likeness (QED) is 0.176. The number of rotatable bonds is 7. The third-order valence-electron chi connectivity index (χ3n) is 9.72. The van der Waals surface area contributed by atoms with E-state index in [-0.39, 0.29) is 0 Å². The fourth-order valence-electron chi connectivity index (χ4n) is 7.58. The molecular weight excluding hydrogens is 585 g/mol. The minimum absolute atomic E-state index is 0.834. The third-order valence-corrected chi connectivity index (χ3v) is 9.72. The van der Waals surface area contributed by atoms with Gasteiger partial charge in [0.15, 0.2) is 0 Å². The second-order valence-corrected chi connectivity index (χ2v) is 13.3. The van der Waals surface area contributed by atoms with Crippen LogP contribution in [-0.2, 0) is 0 Å². The topological polar surface area (TPSA) is 32.3 Å². The van der Waals surface area contributed by atoms with Gasteiger partial charge in [0.2, 0.25) is 0 Å². The fourth-order valence-corrected chi connectivity index (χ4v) is 7.58. The Bertz CT molecular complexity index is 2000. The van der Waals surface area contributed by atoms with Gasteiger partial charge in [0.1, 0.15) is 12.1 Å². The summed E-state index contributed by atoms with van der Waals surface area (Å²) >= 11 is 0. The molecule has 4 heteroatoms. The van der Waals surface area contributed by atoms with Crippen molar-refractivity contribution in [2.45, 2.75) is 69.2 Å². The lowest BCUT2D eigenvalue weighted by molar-refractivity contribution is 1.07. The van der Waals surface area contributed by atoms with Crippen LogP contribution in [0.2, 0.25) is 0 Å². The first-order valence-corrected chi connectivity index (χ1v) is 16.8. The van der Waals surface area contributed by atoms with Crippen LogP contribution in [0.4, 0.5) is 34.3 Å². The summed E-state index contributed by atoms with van der Waals surface area (Å²) in [6, 6.07) is 30.5. The molecule has 0 aliphatic rings. The molecule has 4 nitrogen and oxygen atoms in total.